The molecule has 1 aromatic heterocycles. The van der Waals surface area contributed by atoms with E-state index in [4.69, 9.17) is 9.72 Å². The van der Waals surface area contributed by atoms with Gasteiger partial charge in [-0.3, -0.25) is 4.90 Å². The van der Waals surface area contributed by atoms with Gasteiger partial charge >= 0.3 is 0 Å². The van der Waals surface area contributed by atoms with Crippen molar-refractivity contribution >= 4 is 16.7 Å². The van der Waals surface area contributed by atoms with Crippen molar-refractivity contribution in [3.63, 3.8) is 0 Å². The Morgan fingerprint density at radius 3 is 2.36 bits per heavy atom. The topological polar surface area (TPSA) is 28.6 Å². The Labute approximate surface area is 194 Å². The monoisotopic (exact) mass is 441 g/mol. The normalized spacial score (nSPS) is 14.5. The van der Waals surface area contributed by atoms with E-state index in [1.54, 1.807) is 12.1 Å². The Kier molecular flexibility index (Phi) is 6.22. The van der Waals surface area contributed by atoms with Crippen molar-refractivity contribution in [2.24, 2.45) is 0 Å². The van der Waals surface area contributed by atoms with Gasteiger partial charge in [0.15, 0.2) is 0 Å². The zero-order valence-corrected chi connectivity index (χ0v) is 18.9. The van der Waals surface area contributed by atoms with Crippen molar-refractivity contribution in [1.82, 2.24) is 9.88 Å². The van der Waals surface area contributed by atoms with Crippen LogP contribution in [0.4, 0.5) is 10.2 Å². The molecule has 0 N–H and O–H groups in total. The quantitative estimate of drug-likeness (QED) is 0.392. The summed E-state index contributed by atoms with van der Waals surface area (Å²) in [6.07, 6.45) is 0. The molecule has 3 aromatic carbocycles. The van der Waals surface area contributed by atoms with Crippen LogP contribution in [0.2, 0.25) is 0 Å². The van der Waals surface area contributed by atoms with Crippen molar-refractivity contribution in [2.45, 2.75) is 6.92 Å². The molecule has 0 unspecified atom stereocenters. The predicted molar refractivity (Wildman–Crippen MR) is 132 cm³/mol. The summed E-state index contributed by atoms with van der Waals surface area (Å²) in [4.78, 5) is 9.85. The predicted octanol–water partition coefficient (Wildman–Crippen LogP) is 5.55. The number of ether oxygens (including phenoxy) is 1. The fraction of sp³-hybridized carbons (Fsp3) is 0.250. The molecule has 0 bridgehead atoms. The van der Waals surface area contributed by atoms with Gasteiger partial charge in [0.05, 0.1) is 5.52 Å². The molecule has 0 spiro atoms. The van der Waals surface area contributed by atoms with Crippen molar-refractivity contribution in [1.29, 1.82) is 0 Å². The molecular weight excluding hydrogens is 413 g/mol. The molecular formula is C28H28FN3O. The highest BCUT2D eigenvalue weighted by molar-refractivity contribution is 5.94. The molecule has 0 atom stereocenters. The summed E-state index contributed by atoms with van der Waals surface area (Å²) in [6.45, 7) is 7.35. The minimum absolute atomic E-state index is 0.244. The van der Waals surface area contributed by atoms with Gasteiger partial charge < -0.3 is 9.64 Å². The number of nitrogens with zero attached hydrogens (tertiary/aromatic N) is 3. The van der Waals surface area contributed by atoms with Crippen LogP contribution < -0.4 is 9.64 Å². The second kappa shape index (κ2) is 9.59. The lowest BCUT2D eigenvalue weighted by Crippen LogP contribution is -2.47. The second-order valence-corrected chi connectivity index (χ2v) is 8.54. The van der Waals surface area contributed by atoms with Gasteiger partial charge in [-0.15, -0.1) is 0 Å². The fourth-order valence-corrected chi connectivity index (χ4v) is 4.30. The summed E-state index contributed by atoms with van der Waals surface area (Å²) in [5.41, 5.74) is 4.68. The standard InChI is InChI=1S/C28H28FN3O/c1-21-5-7-22(8-6-21)26-4-2-3-23-9-14-27(30-28(23)26)32-17-15-31(16-18-32)19-20-33-25-12-10-24(29)11-13-25/h2-14H,15-20H2,1H3. The molecule has 0 aliphatic carbocycles. The maximum atomic E-state index is 13.0. The Morgan fingerprint density at radius 2 is 1.61 bits per heavy atom. The number of halogens is 1. The lowest BCUT2D eigenvalue weighted by molar-refractivity contribution is 0.200. The average molecular weight is 442 g/mol. The minimum atomic E-state index is -0.244. The van der Waals surface area contributed by atoms with Crippen LogP contribution in [0, 0.1) is 12.7 Å². The summed E-state index contributed by atoms with van der Waals surface area (Å²) < 4.78 is 18.8. The highest BCUT2D eigenvalue weighted by atomic mass is 19.1. The zero-order valence-electron chi connectivity index (χ0n) is 18.9. The van der Waals surface area contributed by atoms with Crippen LogP contribution in [0.25, 0.3) is 22.0 Å². The van der Waals surface area contributed by atoms with Gasteiger partial charge in [0.2, 0.25) is 0 Å². The molecule has 1 fully saturated rings. The van der Waals surface area contributed by atoms with Crippen molar-refractivity contribution in [2.75, 3.05) is 44.2 Å². The van der Waals surface area contributed by atoms with Crippen LogP contribution in [-0.2, 0) is 0 Å². The van der Waals surface area contributed by atoms with Crippen LogP contribution in [0.1, 0.15) is 5.56 Å². The van der Waals surface area contributed by atoms with Crippen LogP contribution in [0.3, 0.4) is 0 Å². The summed E-state index contributed by atoms with van der Waals surface area (Å²) >= 11 is 0. The smallest absolute Gasteiger partial charge is 0.129 e. The number of para-hydroxylation sites is 1. The van der Waals surface area contributed by atoms with Crippen LogP contribution in [0.15, 0.2) is 78.9 Å². The second-order valence-electron chi connectivity index (χ2n) is 8.54. The first-order valence-corrected chi connectivity index (χ1v) is 11.5. The van der Waals surface area contributed by atoms with Crippen LogP contribution in [-0.4, -0.2) is 49.2 Å². The molecule has 1 aliphatic rings. The number of rotatable bonds is 6. The zero-order chi connectivity index (χ0) is 22.6. The number of aromatic nitrogens is 1. The maximum absolute atomic E-state index is 13.0. The number of anilines is 1. The molecule has 168 valence electrons. The largest absolute Gasteiger partial charge is 0.492 e. The van der Waals surface area contributed by atoms with Crippen molar-refractivity contribution in [3.05, 3.63) is 90.2 Å². The highest BCUT2D eigenvalue weighted by Gasteiger charge is 2.18. The van der Waals surface area contributed by atoms with Crippen molar-refractivity contribution in [3.8, 4) is 16.9 Å². The van der Waals surface area contributed by atoms with Crippen LogP contribution in [0.5, 0.6) is 5.75 Å². The van der Waals surface area contributed by atoms with E-state index in [1.165, 1.54) is 28.8 Å². The van der Waals surface area contributed by atoms with E-state index in [1.807, 2.05) is 0 Å². The Morgan fingerprint density at radius 1 is 0.848 bits per heavy atom. The van der Waals surface area contributed by atoms with E-state index in [-0.39, 0.29) is 5.82 Å². The summed E-state index contributed by atoms with van der Waals surface area (Å²) in [5, 5.41) is 1.16. The molecule has 0 radical (unpaired) electrons. The first-order chi connectivity index (χ1) is 16.2. The molecule has 1 aliphatic heterocycles. The van der Waals surface area contributed by atoms with E-state index < -0.39 is 0 Å². The van der Waals surface area contributed by atoms with Crippen molar-refractivity contribution < 1.29 is 9.13 Å². The van der Waals surface area contributed by atoms with Gasteiger partial charge in [0, 0.05) is 43.7 Å². The number of benzene rings is 3. The number of aryl methyl sites for hydroxylation is 1. The van der Waals surface area contributed by atoms with E-state index in [9.17, 15) is 4.39 Å². The Hall–Kier alpha value is -3.44. The molecule has 1 saturated heterocycles. The van der Waals surface area contributed by atoms with E-state index in [2.05, 4.69) is 71.3 Å². The molecule has 5 heteroatoms. The van der Waals surface area contributed by atoms with Crippen LogP contribution >= 0.6 is 0 Å². The van der Waals surface area contributed by atoms with Gasteiger partial charge in [-0.2, -0.15) is 0 Å². The third-order valence-corrected chi connectivity index (χ3v) is 6.25. The Bertz CT molecular complexity index is 1220. The number of pyridine rings is 1. The number of fused-ring (bicyclic) bond motifs is 1. The summed E-state index contributed by atoms with van der Waals surface area (Å²) in [5.74, 6) is 1.50. The van der Waals surface area contributed by atoms with Gasteiger partial charge in [-0.05, 0) is 48.9 Å². The lowest BCUT2D eigenvalue weighted by Gasteiger charge is -2.35. The lowest BCUT2D eigenvalue weighted by atomic mass is 10.0. The first-order valence-electron chi connectivity index (χ1n) is 11.5. The average Bonchev–Trinajstić information content (AvgIpc) is 2.86. The molecule has 33 heavy (non-hydrogen) atoms. The SMILES string of the molecule is Cc1ccc(-c2cccc3ccc(N4CCN(CCOc5ccc(F)cc5)CC4)nc23)cc1. The number of hydrogen-bond acceptors (Lipinski definition) is 4. The molecule has 2 heterocycles. The molecule has 4 aromatic rings. The maximum Gasteiger partial charge on any atom is 0.129 e. The highest BCUT2D eigenvalue weighted by Crippen LogP contribution is 2.29. The van der Waals surface area contributed by atoms with Gasteiger partial charge in [-0.1, -0.05) is 48.0 Å². The minimum Gasteiger partial charge on any atom is -0.492 e. The Balaban J connectivity index is 1.23. The molecule has 0 amide bonds. The third kappa shape index (κ3) is 4.99. The van der Waals surface area contributed by atoms with Gasteiger partial charge in [0.25, 0.3) is 0 Å². The summed E-state index contributed by atoms with van der Waals surface area (Å²) in [6, 6.07) is 25.5. The molecule has 5 rings (SSSR count). The van der Waals surface area contributed by atoms with E-state index in [0.29, 0.717) is 12.4 Å². The van der Waals surface area contributed by atoms with Gasteiger partial charge in [-0.25, -0.2) is 9.37 Å². The van der Waals surface area contributed by atoms with E-state index >= 15 is 0 Å². The van der Waals surface area contributed by atoms with Gasteiger partial charge in [0.1, 0.15) is 24.0 Å². The number of piperazine rings is 1. The summed E-state index contributed by atoms with van der Waals surface area (Å²) in [7, 11) is 0. The van der Waals surface area contributed by atoms with E-state index in [0.717, 1.165) is 49.4 Å². The fourth-order valence-electron chi connectivity index (χ4n) is 4.30. The third-order valence-electron chi connectivity index (χ3n) is 6.25. The molecule has 4 nitrogen and oxygen atoms in total. The first kappa shape index (κ1) is 21.4. The molecule has 0 saturated carbocycles. The number of hydrogen-bond donors (Lipinski definition) is 0.